The van der Waals surface area contributed by atoms with Crippen molar-refractivity contribution >= 4 is 21.6 Å². The molecule has 0 bridgehead atoms. The number of hydrogen-bond acceptors (Lipinski definition) is 2. The first-order chi connectivity index (χ1) is 9.22. The van der Waals surface area contributed by atoms with Gasteiger partial charge >= 0.3 is 0 Å². The molecular formula is C15H13BrFNO. The Kier molecular flexibility index (Phi) is 3.42. The number of rotatable bonds is 3. The fraction of sp³-hybridized carbons (Fsp3) is 0.200. The molecule has 0 unspecified atom stereocenters. The zero-order chi connectivity index (χ0) is 13.2. The van der Waals surface area contributed by atoms with Gasteiger partial charge in [-0.25, -0.2) is 4.39 Å². The predicted molar refractivity (Wildman–Crippen MR) is 77.1 cm³/mol. The molecule has 0 fully saturated rings. The van der Waals surface area contributed by atoms with Crippen LogP contribution in [0.4, 0.5) is 10.1 Å². The van der Waals surface area contributed by atoms with Crippen LogP contribution in [0.3, 0.4) is 0 Å². The number of anilines is 1. The molecule has 0 aliphatic carbocycles. The lowest BCUT2D eigenvalue weighted by Gasteiger charge is -2.11. The summed E-state index contributed by atoms with van der Waals surface area (Å²) in [5.41, 5.74) is 3.25. The van der Waals surface area contributed by atoms with Gasteiger partial charge in [0.25, 0.3) is 0 Å². The van der Waals surface area contributed by atoms with Crippen molar-refractivity contribution in [2.45, 2.75) is 13.0 Å². The third-order valence-electron chi connectivity index (χ3n) is 3.15. The van der Waals surface area contributed by atoms with Crippen LogP contribution in [0.2, 0.25) is 0 Å². The summed E-state index contributed by atoms with van der Waals surface area (Å²) in [5, 5.41) is 3.28. The Bertz CT molecular complexity index is 598. The largest absolute Gasteiger partial charge is 0.493 e. The molecule has 0 atom stereocenters. The number of halogens is 2. The maximum Gasteiger partial charge on any atom is 0.127 e. The average Bonchev–Trinajstić information content (AvgIpc) is 2.85. The van der Waals surface area contributed by atoms with Crippen molar-refractivity contribution in [1.82, 2.24) is 0 Å². The van der Waals surface area contributed by atoms with Crippen LogP contribution in [0.1, 0.15) is 11.1 Å². The van der Waals surface area contributed by atoms with Crippen molar-refractivity contribution in [3.63, 3.8) is 0 Å². The first-order valence-electron chi connectivity index (χ1n) is 6.16. The molecule has 0 amide bonds. The van der Waals surface area contributed by atoms with E-state index in [1.807, 2.05) is 0 Å². The number of benzene rings is 2. The van der Waals surface area contributed by atoms with Gasteiger partial charge in [-0.05, 0) is 42.0 Å². The molecule has 0 aromatic heterocycles. The van der Waals surface area contributed by atoms with Gasteiger partial charge in [0.15, 0.2) is 0 Å². The van der Waals surface area contributed by atoms with Crippen LogP contribution in [0.5, 0.6) is 5.75 Å². The van der Waals surface area contributed by atoms with E-state index in [1.54, 1.807) is 12.1 Å². The van der Waals surface area contributed by atoms with Crippen LogP contribution >= 0.6 is 15.9 Å². The first-order valence-corrected chi connectivity index (χ1v) is 6.95. The molecule has 4 heteroatoms. The Balaban J connectivity index is 1.78. The van der Waals surface area contributed by atoms with Crippen molar-refractivity contribution in [2.24, 2.45) is 0 Å². The standard InChI is InChI=1S/C15H13BrFNO/c16-12-7-10-5-6-19-15(10)11(8-12)9-18-14-3-1-13(17)2-4-14/h1-4,7-8,18H,5-6,9H2. The Morgan fingerprint density at radius 3 is 2.79 bits per heavy atom. The summed E-state index contributed by atoms with van der Waals surface area (Å²) < 4.78 is 19.6. The summed E-state index contributed by atoms with van der Waals surface area (Å²) in [6, 6.07) is 10.5. The van der Waals surface area contributed by atoms with Crippen molar-refractivity contribution in [2.75, 3.05) is 11.9 Å². The lowest BCUT2D eigenvalue weighted by Crippen LogP contribution is -2.01. The molecule has 0 radical (unpaired) electrons. The molecular weight excluding hydrogens is 309 g/mol. The summed E-state index contributed by atoms with van der Waals surface area (Å²) in [5.74, 6) is 0.759. The maximum atomic E-state index is 12.8. The van der Waals surface area contributed by atoms with Crippen molar-refractivity contribution in [3.8, 4) is 5.75 Å². The van der Waals surface area contributed by atoms with Crippen LogP contribution in [0, 0.1) is 5.82 Å². The second kappa shape index (κ2) is 5.21. The van der Waals surface area contributed by atoms with E-state index in [-0.39, 0.29) is 5.82 Å². The van der Waals surface area contributed by atoms with Gasteiger partial charge in [0, 0.05) is 28.7 Å². The fourth-order valence-corrected chi connectivity index (χ4v) is 2.80. The van der Waals surface area contributed by atoms with Crippen molar-refractivity contribution < 1.29 is 9.13 Å². The summed E-state index contributed by atoms with van der Waals surface area (Å²) in [6.45, 7) is 1.41. The normalized spacial score (nSPS) is 12.9. The van der Waals surface area contributed by atoms with Gasteiger partial charge in [-0.2, -0.15) is 0 Å². The summed E-state index contributed by atoms with van der Waals surface area (Å²) >= 11 is 3.52. The Labute approximate surface area is 119 Å². The van der Waals surface area contributed by atoms with E-state index < -0.39 is 0 Å². The molecule has 1 heterocycles. The van der Waals surface area contributed by atoms with E-state index in [0.29, 0.717) is 6.54 Å². The Hall–Kier alpha value is -1.55. The monoisotopic (exact) mass is 321 g/mol. The highest BCUT2D eigenvalue weighted by Crippen LogP contribution is 2.33. The third-order valence-corrected chi connectivity index (χ3v) is 3.61. The molecule has 0 saturated heterocycles. The van der Waals surface area contributed by atoms with Crippen LogP contribution < -0.4 is 10.1 Å². The van der Waals surface area contributed by atoms with Gasteiger partial charge in [-0.3, -0.25) is 0 Å². The molecule has 2 aromatic carbocycles. The van der Waals surface area contributed by atoms with Crippen molar-refractivity contribution in [1.29, 1.82) is 0 Å². The van der Waals surface area contributed by atoms with E-state index in [2.05, 4.69) is 33.4 Å². The van der Waals surface area contributed by atoms with Gasteiger partial charge in [0.1, 0.15) is 11.6 Å². The zero-order valence-electron chi connectivity index (χ0n) is 10.2. The highest BCUT2D eigenvalue weighted by atomic mass is 79.9. The molecule has 19 heavy (non-hydrogen) atoms. The second-order valence-electron chi connectivity index (χ2n) is 4.51. The van der Waals surface area contributed by atoms with Gasteiger partial charge in [0.2, 0.25) is 0 Å². The van der Waals surface area contributed by atoms with Gasteiger partial charge in [-0.15, -0.1) is 0 Å². The van der Waals surface area contributed by atoms with Gasteiger partial charge in [-0.1, -0.05) is 15.9 Å². The minimum absolute atomic E-state index is 0.225. The third kappa shape index (κ3) is 2.73. The minimum atomic E-state index is -0.225. The Morgan fingerprint density at radius 1 is 1.21 bits per heavy atom. The van der Waals surface area contributed by atoms with Crippen molar-refractivity contribution in [3.05, 3.63) is 57.8 Å². The molecule has 1 aliphatic heterocycles. The van der Waals surface area contributed by atoms with Crippen LogP contribution in [-0.4, -0.2) is 6.61 Å². The molecule has 3 rings (SSSR count). The second-order valence-corrected chi connectivity index (χ2v) is 5.43. The molecule has 1 aliphatic rings. The van der Waals surface area contributed by atoms with Gasteiger partial charge < -0.3 is 10.1 Å². The Morgan fingerprint density at radius 2 is 2.00 bits per heavy atom. The fourth-order valence-electron chi connectivity index (χ4n) is 2.24. The number of ether oxygens (including phenoxy) is 1. The predicted octanol–water partition coefficient (Wildman–Crippen LogP) is 4.14. The first kappa shape index (κ1) is 12.5. The van der Waals surface area contributed by atoms with E-state index in [4.69, 9.17) is 4.74 Å². The van der Waals surface area contributed by atoms with E-state index in [1.165, 1.54) is 17.7 Å². The van der Waals surface area contributed by atoms with E-state index >= 15 is 0 Å². The minimum Gasteiger partial charge on any atom is -0.493 e. The van der Waals surface area contributed by atoms with Crippen LogP contribution in [0.25, 0.3) is 0 Å². The SMILES string of the molecule is Fc1ccc(NCc2cc(Br)cc3c2OCC3)cc1. The average molecular weight is 322 g/mol. The lowest BCUT2D eigenvalue weighted by atomic mass is 10.1. The van der Waals surface area contributed by atoms with Crippen LogP contribution in [-0.2, 0) is 13.0 Å². The number of hydrogen-bond donors (Lipinski definition) is 1. The quantitative estimate of drug-likeness (QED) is 0.917. The number of fused-ring (bicyclic) bond motifs is 1. The molecule has 2 aromatic rings. The molecule has 98 valence electrons. The summed E-state index contributed by atoms with van der Waals surface area (Å²) in [7, 11) is 0. The van der Waals surface area contributed by atoms with E-state index in [9.17, 15) is 4.39 Å². The highest BCUT2D eigenvalue weighted by Gasteiger charge is 2.17. The summed E-state index contributed by atoms with van der Waals surface area (Å²) in [6.07, 6.45) is 0.957. The molecule has 0 saturated carbocycles. The summed E-state index contributed by atoms with van der Waals surface area (Å²) in [4.78, 5) is 0. The molecule has 2 nitrogen and oxygen atoms in total. The number of nitrogens with one attached hydrogen (secondary N) is 1. The van der Waals surface area contributed by atoms with Gasteiger partial charge in [0.05, 0.1) is 6.61 Å². The lowest BCUT2D eigenvalue weighted by molar-refractivity contribution is 0.354. The maximum absolute atomic E-state index is 12.8. The smallest absolute Gasteiger partial charge is 0.127 e. The zero-order valence-corrected chi connectivity index (χ0v) is 11.8. The van der Waals surface area contributed by atoms with E-state index in [0.717, 1.165) is 34.5 Å². The highest BCUT2D eigenvalue weighted by molar-refractivity contribution is 9.10. The topological polar surface area (TPSA) is 21.3 Å². The van der Waals surface area contributed by atoms with Crippen LogP contribution in [0.15, 0.2) is 40.9 Å². The molecule has 1 N–H and O–H groups in total. The molecule has 0 spiro atoms.